The van der Waals surface area contributed by atoms with Gasteiger partial charge in [-0.05, 0) is 55.0 Å². The molecule has 6 nitrogen and oxygen atoms in total. The maximum absolute atomic E-state index is 13.3. The van der Waals surface area contributed by atoms with Crippen LogP contribution in [0, 0.1) is 0 Å². The van der Waals surface area contributed by atoms with Crippen LogP contribution in [0.5, 0.6) is 5.75 Å². The minimum absolute atomic E-state index is 0.00721. The van der Waals surface area contributed by atoms with Gasteiger partial charge in [-0.2, -0.15) is 0 Å². The summed E-state index contributed by atoms with van der Waals surface area (Å²) in [6.07, 6.45) is 0. The Morgan fingerprint density at radius 3 is 2.53 bits per heavy atom. The lowest BCUT2D eigenvalue weighted by Gasteiger charge is -2.22. The summed E-state index contributed by atoms with van der Waals surface area (Å²) in [6, 6.07) is 20.3. The second-order valence-electron chi connectivity index (χ2n) is 7.65. The molecule has 0 saturated carbocycles. The molecular formula is C26H19ClN2O4S. The molecule has 0 bridgehead atoms. The van der Waals surface area contributed by atoms with E-state index in [0.29, 0.717) is 39.2 Å². The molecular weight excluding hydrogens is 472 g/mol. The predicted octanol–water partition coefficient (Wildman–Crippen LogP) is 5.97. The Morgan fingerprint density at radius 1 is 1.09 bits per heavy atom. The first-order valence-electron chi connectivity index (χ1n) is 10.6. The standard InChI is InChI=1S/C26H19ClN2O4S/c1-2-33-18-12-13-19-20(14-18)34-26(28-19)29-22(15-6-4-3-5-7-15)21(24(31)25(29)32)23(30)16-8-10-17(27)11-9-16/h3-14,22,30H,2H2,1H3/t22-/m0/s1. The molecule has 1 aliphatic rings. The monoisotopic (exact) mass is 490 g/mol. The molecule has 1 N–H and O–H groups in total. The predicted molar refractivity (Wildman–Crippen MR) is 133 cm³/mol. The number of rotatable bonds is 5. The number of fused-ring (bicyclic) bond motifs is 1. The van der Waals surface area contributed by atoms with E-state index in [4.69, 9.17) is 16.3 Å². The van der Waals surface area contributed by atoms with Crippen LogP contribution in [0.1, 0.15) is 24.1 Å². The lowest BCUT2D eigenvalue weighted by Crippen LogP contribution is -2.29. The van der Waals surface area contributed by atoms with Crippen LogP contribution >= 0.6 is 22.9 Å². The van der Waals surface area contributed by atoms with E-state index in [9.17, 15) is 14.7 Å². The average molecular weight is 491 g/mol. The molecule has 1 atom stereocenters. The molecule has 0 aliphatic carbocycles. The molecule has 1 saturated heterocycles. The van der Waals surface area contributed by atoms with Crippen LogP contribution < -0.4 is 9.64 Å². The number of aliphatic hydroxyl groups excluding tert-OH is 1. The highest BCUT2D eigenvalue weighted by Crippen LogP contribution is 2.44. The number of hydrogen-bond acceptors (Lipinski definition) is 6. The maximum Gasteiger partial charge on any atom is 0.301 e. The largest absolute Gasteiger partial charge is 0.507 e. The summed E-state index contributed by atoms with van der Waals surface area (Å²) in [5.74, 6) is -1.07. The first-order valence-corrected chi connectivity index (χ1v) is 11.8. The number of thiazole rings is 1. The van der Waals surface area contributed by atoms with E-state index in [-0.39, 0.29) is 11.3 Å². The number of aliphatic hydroxyl groups is 1. The van der Waals surface area contributed by atoms with E-state index < -0.39 is 17.7 Å². The van der Waals surface area contributed by atoms with Crippen LogP contribution in [0.3, 0.4) is 0 Å². The molecule has 3 aromatic carbocycles. The number of nitrogens with zero attached hydrogens (tertiary/aromatic N) is 2. The number of Topliss-reactive ketones (excluding diaryl/α,β-unsaturated/α-hetero) is 1. The molecule has 0 spiro atoms. The number of benzene rings is 3. The van der Waals surface area contributed by atoms with Crippen molar-refractivity contribution in [1.29, 1.82) is 0 Å². The SMILES string of the molecule is CCOc1ccc2nc(N3C(=O)C(=O)C(=C(O)c4ccc(Cl)cc4)[C@@H]3c3ccccc3)sc2c1. The highest BCUT2D eigenvalue weighted by molar-refractivity contribution is 7.22. The number of carbonyl (C=O) groups is 2. The second kappa shape index (κ2) is 8.93. The third-order valence-electron chi connectivity index (χ3n) is 5.54. The fourth-order valence-electron chi connectivity index (χ4n) is 4.00. The normalized spacial score (nSPS) is 17.5. The topological polar surface area (TPSA) is 79.7 Å². The Kier molecular flexibility index (Phi) is 5.81. The first kappa shape index (κ1) is 22.1. The van der Waals surface area contributed by atoms with E-state index in [2.05, 4.69) is 4.98 Å². The van der Waals surface area contributed by atoms with Crippen molar-refractivity contribution in [3.05, 3.63) is 94.5 Å². The molecule has 2 heterocycles. The second-order valence-corrected chi connectivity index (χ2v) is 9.09. The van der Waals surface area contributed by atoms with Crippen molar-refractivity contribution in [3.8, 4) is 5.75 Å². The van der Waals surface area contributed by atoms with Crippen LogP contribution in [0.2, 0.25) is 5.02 Å². The van der Waals surface area contributed by atoms with Crippen LogP contribution in [-0.4, -0.2) is 28.4 Å². The van der Waals surface area contributed by atoms with E-state index in [1.54, 1.807) is 24.3 Å². The third kappa shape index (κ3) is 3.83. The van der Waals surface area contributed by atoms with Gasteiger partial charge in [0.05, 0.1) is 28.4 Å². The summed E-state index contributed by atoms with van der Waals surface area (Å²) < 4.78 is 6.40. The van der Waals surface area contributed by atoms with Crippen LogP contribution in [0.15, 0.2) is 78.4 Å². The molecule has 1 aliphatic heterocycles. The van der Waals surface area contributed by atoms with Crippen molar-refractivity contribution < 1.29 is 19.4 Å². The molecule has 4 aromatic rings. The molecule has 1 fully saturated rings. The summed E-state index contributed by atoms with van der Waals surface area (Å²) in [6.45, 7) is 2.44. The van der Waals surface area contributed by atoms with Crippen molar-refractivity contribution in [2.45, 2.75) is 13.0 Å². The molecule has 1 amide bonds. The van der Waals surface area contributed by atoms with Gasteiger partial charge in [0.25, 0.3) is 5.78 Å². The van der Waals surface area contributed by atoms with Gasteiger partial charge in [0, 0.05) is 10.6 Å². The zero-order chi connectivity index (χ0) is 23.8. The Hall–Kier alpha value is -3.68. The van der Waals surface area contributed by atoms with Crippen LogP contribution in [0.4, 0.5) is 5.13 Å². The third-order valence-corrected chi connectivity index (χ3v) is 6.81. The number of hydrogen-bond donors (Lipinski definition) is 1. The highest BCUT2D eigenvalue weighted by Gasteiger charge is 2.48. The number of anilines is 1. The van der Waals surface area contributed by atoms with Crippen molar-refractivity contribution in [2.75, 3.05) is 11.5 Å². The van der Waals surface area contributed by atoms with E-state index >= 15 is 0 Å². The van der Waals surface area contributed by atoms with Gasteiger partial charge in [-0.1, -0.05) is 53.3 Å². The fourth-order valence-corrected chi connectivity index (χ4v) is 5.14. The van der Waals surface area contributed by atoms with Crippen molar-refractivity contribution >= 4 is 55.7 Å². The average Bonchev–Trinajstić information content (AvgIpc) is 3.38. The molecule has 0 unspecified atom stereocenters. The molecule has 8 heteroatoms. The summed E-state index contributed by atoms with van der Waals surface area (Å²) in [7, 11) is 0. The van der Waals surface area contributed by atoms with Gasteiger partial charge in [0.2, 0.25) is 0 Å². The number of aromatic nitrogens is 1. The Bertz CT molecular complexity index is 1430. The molecule has 170 valence electrons. The Labute approximate surface area is 204 Å². The van der Waals surface area contributed by atoms with Crippen molar-refractivity contribution in [1.82, 2.24) is 4.98 Å². The number of ketones is 1. The van der Waals surface area contributed by atoms with Gasteiger partial charge in [-0.3, -0.25) is 14.5 Å². The minimum atomic E-state index is -0.830. The maximum atomic E-state index is 13.3. The number of halogens is 1. The van der Waals surface area contributed by atoms with Gasteiger partial charge < -0.3 is 9.84 Å². The van der Waals surface area contributed by atoms with Gasteiger partial charge in [-0.15, -0.1) is 0 Å². The Morgan fingerprint density at radius 2 is 1.82 bits per heavy atom. The van der Waals surface area contributed by atoms with Crippen molar-refractivity contribution in [2.24, 2.45) is 0 Å². The zero-order valence-corrected chi connectivity index (χ0v) is 19.6. The molecule has 0 radical (unpaired) electrons. The van der Waals surface area contributed by atoms with Crippen LogP contribution in [0.25, 0.3) is 16.0 Å². The van der Waals surface area contributed by atoms with E-state index in [1.165, 1.54) is 16.2 Å². The highest BCUT2D eigenvalue weighted by atomic mass is 35.5. The quantitative estimate of drug-likeness (QED) is 0.211. The van der Waals surface area contributed by atoms with E-state index in [0.717, 1.165) is 4.70 Å². The lowest BCUT2D eigenvalue weighted by atomic mass is 9.95. The smallest absolute Gasteiger partial charge is 0.301 e. The summed E-state index contributed by atoms with van der Waals surface area (Å²) in [5.41, 5.74) is 1.78. The zero-order valence-electron chi connectivity index (χ0n) is 18.1. The summed E-state index contributed by atoms with van der Waals surface area (Å²) in [4.78, 5) is 32.5. The lowest BCUT2D eigenvalue weighted by molar-refractivity contribution is -0.132. The van der Waals surface area contributed by atoms with Gasteiger partial charge in [0.15, 0.2) is 5.13 Å². The summed E-state index contributed by atoms with van der Waals surface area (Å²) in [5, 5.41) is 12.0. The minimum Gasteiger partial charge on any atom is -0.507 e. The van der Waals surface area contributed by atoms with Crippen molar-refractivity contribution in [3.63, 3.8) is 0 Å². The first-order chi connectivity index (χ1) is 16.5. The fraction of sp³-hybridized carbons (Fsp3) is 0.115. The molecule has 34 heavy (non-hydrogen) atoms. The van der Waals surface area contributed by atoms with Gasteiger partial charge in [-0.25, -0.2) is 4.98 Å². The number of ether oxygens (including phenoxy) is 1. The van der Waals surface area contributed by atoms with E-state index in [1.807, 2.05) is 55.5 Å². The van der Waals surface area contributed by atoms with Gasteiger partial charge >= 0.3 is 5.91 Å². The van der Waals surface area contributed by atoms with Gasteiger partial charge in [0.1, 0.15) is 11.5 Å². The summed E-state index contributed by atoms with van der Waals surface area (Å²) >= 11 is 7.27. The molecule has 5 rings (SSSR count). The van der Waals surface area contributed by atoms with Crippen LogP contribution in [-0.2, 0) is 9.59 Å². The number of carbonyl (C=O) groups excluding carboxylic acids is 2. The number of amides is 1. The Balaban J connectivity index is 1.68. The molecule has 1 aromatic heterocycles.